The molecule has 0 unspecified atom stereocenters. The molecule has 0 saturated carbocycles. The van der Waals surface area contributed by atoms with Crippen molar-refractivity contribution in [3.05, 3.63) is 76.5 Å². The fourth-order valence-corrected chi connectivity index (χ4v) is 5.59. The number of amides is 2. The molecule has 0 spiro atoms. The van der Waals surface area contributed by atoms with E-state index in [9.17, 15) is 18.8 Å². The number of rotatable bonds is 8. The van der Waals surface area contributed by atoms with Gasteiger partial charge >= 0.3 is 0 Å². The average molecular weight is 524 g/mol. The Balaban J connectivity index is 1.66. The zero-order chi connectivity index (χ0) is 26.7. The summed E-state index contributed by atoms with van der Waals surface area (Å²) in [5, 5.41) is 2.20. The fraction of sp³-hybridized carbons (Fsp3) is 0.333. The molecular formula is C27H30FN5O3S. The maximum Gasteiger partial charge on any atom is 0.297 e. The number of anilines is 1. The van der Waals surface area contributed by atoms with Crippen LogP contribution in [-0.4, -0.2) is 42.5 Å². The number of nitrogens with zero attached hydrogens (tertiary/aromatic N) is 4. The van der Waals surface area contributed by atoms with Gasteiger partial charge in [-0.15, -0.1) is 0 Å². The first-order valence-electron chi connectivity index (χ1n) is 12.2. The summed E-state index contributed by atoms with van der Waals surface area (Å²) in [4.78, 5) is 45.8. The maximum atomic E-state index is 14.0. The molecule has 194 valence electrons. The molecule has 1 fully saturated rings. The summed E-state index contributed by atoms with van der Waals surface area (Å²) in [6.07, 6.45) is 1.45. The average Bonchev–Trinajstić information content (AvgIpc) is 3.28. The van der Waals surface area contributed by atoms with Gasteiger partial charge in [0.15, 0.2) is 10.9 Å². The van der Waals surface area contributed by atoms with Crippen molar-refractivity contribution in [3.8, 4) is 5.69 Å². The van der Waals surface area contributed by atoms with Crippen molar-refractivity contribution in [3.63, 3.8) is 0 Å². The molecule has 4 rings (SSSR count). The molecule has 3 aromatic rings. The second kappa shape index (κ2) is 11.2. The number of benzene rings is 2. The van der Waals surface area contributed by atoms with E-state index in [1.165, 1.54) is 22.9 Å². The highest BCUT2D eigenvalue weighted by Gasteiger charge is 2.41. The summed E-state index contributed by atoms with van der Waals surface area (Å²) in [6.45, 7) is 5.76. The SMILES string of the molecule is CCC[C@@H](C)N1C(=O)[C@H](CC(=O)Nc2ccccc2F)SC1=Nc1c(C)n(C)n(-c2ccccc2)c1=O. The van der Waals surface area contributed by atoms with Crippen molar-refractivity contribution in [2.75, 3.05) is 5.32 Å². The predicted octanol–water partition coefficient (Wildman–Crippen LogP) is 4.77. The normalized spacial score (nSPS) is 17.4. The number of nitrogens with one attached hydrogen (secondary N) is 1. The largest absolute Gasteiger partial charge is 0.324 e. The Kier molecular flexibility index (Phi) is 7.97. The number of carbonyl (C=O) groups excluding carboxylic acids is 2. The van der Waals surface area contributed by atoms with Gasteiger partial charge in [-0.3, -0.25) is 24.0 Å². The van der Waals surface area contributed by atoms with Gasteiger partial charge < -0.3 is 5.32 Å². The Morgan fingerprint density at radius 2 is 1.81 bits per heavy atom. The van der Waals surface area contributed by atoms with Crippen LogP contribution in [0.5, 0.6) is 0 Å². The number of para-hydroxylation sites is 2. The molecular weight excluding hydrogens is 493 g/mol. The number of thioether (sulfide) groups is 1. The smallest absolute Gasteiger partial charge is 0.297 e. The Bertz CT molecular complexity index is 1400. The van der Waals surface area contributed by atoms with Crippen LogP contribution in [0.15, 0.2) is 64.4 Å². The van der Waals surface area contributed by atoms with Crippen LogP contribution in [0.4, 0.5) is 15.8 Å². The molecule has 2 atom stereocenters. The van der Waals surface area contributed by atoms with E-state index in [-0.39, 0.29) is 35.3 Å². The Morgan fingerprint density at radius 1 is 1.14 bits per heavy atom. The van der Waals surface area contributed by atoms with E-state index < -0.39 is 17.0 Å². The van der Waals surface area contributed by atoms with Gasteiger partial charge in [0.2, 0.25) is 11.8 Å². The number of aromatic nitrogens is 2. The molecule has 1 aromatic heterocycles. The minimum absolute atomic E-state index is 0.0643. The number of aliphatic imine (C=N–C) groups is 1. The number of hydrogen-bond acceptors (Lipinski definition) is 5. The zero-order valence-corrected chi connectivity index (χ0v) is 22.1. The van der Waals surface area contributed by atoms with Gasteiger partial charge in [0.1, 0.15) is 11.1 Å². The monoisotopic (exact) mass is 523 g/mol. The third-order valence-electron chi connectivity index (χ3n) is 6.36. The van der Waals surface area contributed by atoms with E-state index >= 15 is 0 Å². The van der Waals surface area contributed by atoms with E-state index in [4.69, 9.17) is 4.99 Å². The first-order valence-corrected chi connectivity index (χ1v) is 13.1. The van der Waals surface area contributed by atoms with Crippen LogP contribution in [0.1, 0.15) is 38.8 Å². The number of amidine groups is 1. The predicted molar refractivity (Wildman–Crippen MR) is 145 cm³/mol. The summed E-state index contributed by atoms with van der Waals surface area (Å²) >= 11 is 1.16. The molecule has 0 bridgehead atoms. The van der Waals surface area contributed by atoms with Crippen molar-refractivity contribution >= 4 is 40.1 Å². The van der Waals surface area contributed by atoms with Crippen LogP contribution >= 0.6 is 11.8 Å². The number of carbonyl (C=O) groups is 2. The second-order valence-electron chi connectivity index (χ2n) is 8.99. The zero-order valence-electron chi connectivity index (χ0n) is 21.3. The first kappa shape index (κ1) is 26.4. The highest BCUT2D eigenvalue weighted by Crippen LogP contribution is 2.34. The molecule has 0 radical (unpaired) electrons. The van der Waals surface area contributed by atoms with Crippen LogP contribution in [-0.2, 0) is 16.6 Å². The molecule has 1 aliphatic heterocycles. The van der Waals surface area contributed by atoms with Gasteiger partial charge in [0.25, 0.3) is 5.56 Å². The third kappa shape index (κ3) is 5.39. The van der Waals surface area contributed by atoms with Crippen molar-refractivity contribution in [1.82, 2.24) is 14.3 Å². The van der Waals surface area contributed by atoms with Crippen molar-refractivity contribution < 1.29 is 14.0 Å². The maximum absolute atomic E-state index is 14.0. The molecule has 2 amide bonds. The van der Waals surface area contributed by atoms with Gasteiger partial charge in [-0.1, -0.05) is 55.4 Å². The Hall–Kier alpha value is -3.66. The summed E-state index contributed by atoms with van der Waals surface area (Å²) in [5.41, 5.74) is 1.37. The molecule has 37 heavy (non-hydrogen) atoms. The molecule has 2 heterocycles. The molecule has 0 aliphatic carbocycles. The quantitative estimate of drug-likeness (QED) is 0.461. The third-order valence-corrected chi connectivity index (χ3v) is 7.52. The first-order chi connectivity index (χ1) is 17.7. The minimum atomic E-state index is -0.731. The summed E-state index contributed by atoms with van der Waals surface area (Å²) in [5.74, 6) is -1.26. The minimum Gasteiger partial charge on any atom is -0.324 e. The summed E-state index contributed by atoms with van der Waals surface area (Å²) < 4.78 is 17.3. The highest BCUT2D eigenvalue weighted by molar-refractivity contribution is 8.15. The second-order valence-corrected chi connectivity index (χ2v) is 10.2. The van der Waals surface area contributed by atoms with Crippen LogP contribution in [0.3, 0.4) is 0 Å². The van der Waals surface area contributed by atoms with E-state index in [0.29, 0.717) is 16.5 Å². The highest BCUT2D eigenvalue weighted by atomic mass is 32.2. The van der Waals surface area contributed by atoms with Crippen LogP contribution in [0.25, 0.3) is 5.69 Å². The van der Waals surface area contributed by atoms with Gasteiger partial charge in [0.05, 0.1) is 17.1 Å². The van der Waals surface area contributed by atoms with E-state index in [2.05, 4.69) is 5.32 Å². The molecule has 1 aliphatic rings. The molecule has 8 nitrogen and oxygen atoms in total. The van der Waals surface area contributed by atoms with Gasteiger partial charge in [-0.05, 0) is 44.5 Å². The lowest BCUT2D eigenvalue weighted by atomic mass is 10.1. The molecule has 2 aromatic carbocycles. The van der Waals surface area contributed by atoms with E-state index in [1.807, 2.05) is 44.2 Å². The van der Waals surface area contributed by atoms with E-state index in [0.717, 1.165) is 24.6 Å². The lowest BCUT2D eigenvalue weighted by Crippen LogP contribution is -2.40. The van der Waals surface area contributed by atoms with Gasteiger partial charge in [-0.2, -0.15) is 0 Å². The van der Waals surface area contributed by atoms with Crippen LogP contribution < -0.4 is 10.9 Å². The lowest BCUT2D eigenvalue weighted by Gasteiger charge is -2.24. The molecule has 10 heteroatoms. The van der Waals surface area contributed by atoms with Crippen molar-refractivity contribution in [2.45, 2.75) is 51.3 Å². The summed E-state index contributed by atoms with van der Waals surface area (Å²) in [6, 6.07) is 15.0. The number of hydrogen-bond donors (Lipinski definition) is 1. The topological polar surface area (TPSA) is 88.7 Å². The lowest BCUT2D eigenvalue weighted by molar-refractivity contribution is -0.129. The molecule has 1 saturated heterocycles. The van der Waals surface area contributed by atoms with Crippen molar-refractivity contribution in [1.29, 1.82) is 0 Å². The standard InChI is InChI=1S/C27H30FN5O3S/c1-5-11-17(2)32-25(35)22(16-23(34)29-21-15-10-9-14-20(21)28)37-27(32)30-24-18(3)31(4)33(26(24)36)19-12-7-6-8-13-19/h6-10,12-15,17,22H,5,11,16H2,1-4H3,(H,29,34)/t17-,22+/m1/s1. The Labute approximate surface area is 219 Å². The van der Waals surface area contributed by atoms with Crippen LogP contribution in [0.2, 0.25) is 0 Å². The summed E-state index contributed by atoms with van der Waals surface area (Å²) in [7, 11) is 1.79. The number of halogens is 1. The van der Waals surface area contributed by atoms with Crippen molar-refractivity contribution in [2.24, 2.45) is 12.0 Å². The molecule has 1 N–H and O–H groups in total. The fourth-order valence-electron chi connectivity index (χ4n) is 4.36. The van der Waals surface area contributed by atoms with Gasteiger partial charge in [-0.25, -0.2) is 14.1 Å². The Morgan fingerprint density at radius 3 is 2.49 bits per heavy atom. The van der Waals surface area contributed by atoms with Gasteiger partial charge in [0, 0.05) is 19.5 Å². The van der Waals surface area contributed by atoms with E-state index in [1.54, 1.807) is 29.6 Å². The van der Waals surface area contributed by atoms with Crippen LogP contribution in [0, 0.1) is 12.7 Å².